The van der Waals surface area contributed by atoms with Gasteiger partial charge in [-0.05, 0) is 73.3 Å². The number of benzene rings is 2. The van der Waals surface area contributed by atoms with Crippen molar-refractivity contribution in [1.29, 1.82) is 0 Å². The lowest BCUT2D eigenvalue weighted by atomic mass is 9.73. The van der Waals surface area contributed by atoms with Crippen LogP contribution < -0.4 is 15.9 Å². The Labute approximate surface area is 137 Å². The molecule has 3 heteroatoms. The van der Waals surface area contributed by atoms with Crippen LogP contribution in [0, 0.1) is 0 Å². The van der Waals surface area contributed by atoms with Crippen LogP contribution in [0.25, 0.3) is 22.9 Å². The molecule has 0 unspecified atom stereocenters. The van der Waals surface area contributed by atoms with Gasteiger partial charge >= 0.3 is 7.12 Å². The summed E-state index contributed by atoms with van der Waals surface area (Å²) in [4.78, 5) is 0. The molecule has 2 aliphatic rings. The molecule has 2 nitrogen and oxygen atoms in total. The van der Waals surface area contributed by atoms with Crippen molar-refractivity contribution in [3.8, 4) is 0 Å². The SMILES string of the molecule is CC1(C)OB(c2c3c(cc4ccccc24)=CCCC=3)OC1(C)C. The smallest absolute Gasteiger partial charge is 0.399 e. The Morgan fingerprint density at radius 1 is 0.913 bits per heavy atom. The molecule has 2 aromatic carbocycles. The van der Waals surface area contributed by atoms with E-state index in [9.17, 15) is 0 Å². The largest absolute Gasteiger partial charge is 0.496 e. The highest BCUT2D eigenvalue weighted by atomic mass is 16.7. The Morgan fingerprint density at radius 3 is 2.30 bits per heavy atom. The summed E-state index contributed by atoms with van der Waals surface area (Å²) in [5, 5.41) is 5.08. The van der Waals surface area contributed by atoms with Gasteiger partial charge in [-0.2, -0.15) is 0 Å². The molecule has 1 fully saturated rings. The van der Waals surface area contributed by atoms with Crippen LogP contribution >= 0.6 is 0 Å². The number of fused-ring (bicyclic) bond motifs is 2. The first-order chi connectivity index (χ1) is 10.9. The minimum Gasteiger partial charge on any atom is -0.399 e. The maximum Gasteiger partial charge on any atom is 0.496 e. The highest BCUT2D eigenvalue weighted by molar-refractivity contribution is 6.65. The first-order valence-electron chi connectivity index (χ1n) is 8.47. The van der Waals surface area contributed by atoms with Gasteiger partial charge in [-0.3, -0.25) is 0 Å². The Bertz CT molecular complexity index is 880. The van der Waals surface area contributed by atoms with E-state index in [0.717, 1.165) is 12.8 Å². The summed E-state index contributed by atoms with van der Waals surface area (Å²) in [5.74, 6) is 0. The summed E-state index contributed by atoms with van der Waals surface area (Å²) in [5.41, 5.74) is 0.549. The van der Waals surface area contributed by atoms with Crippen LogP contribution in [-0.2, 0) is 9.31 Å². The monoisotopic (exact) mass is 306 g/mol. The highest BCUT2D eigenvalue weighted by Gasteiger charge is 2.52. The third-order valence-corrected chi connectivity index (χ3v) is 5.53. The van der Waals surface area contributed by atoms with Crippen LogP contribution in [0.1, 0.15) is 40.5 Å². The van der Waals surface area contributed by atoms with E-state index in [4.69, 9.17) is 9.31 Å². The van der Waals surface area contributed by atoms with E-state index in [0.29, 0.717) is 0 Å². The van der Waals surface area contributed by atoms with Gasteiger partial charge in [0, 0.05) is 0 Å². The molecule has 1 aliphatic heterocycles. The summed E-state index contributed by atoms with van der Waals surface area (Å²) < 4.78 is 12.7. The summed E-state index contributed by atoms with van der Waals surface area (Å²) in [7, 11) is -0.317. The van der Waals surface area contributed by atoms with Gasteiger partial charge in [-0.1, -0.05) is 36.4 Å². The van der Waals surface area contributed by atoms with E-state index < -0.39 is 0 Å². The molecule has 1 saturated heterocycles. The minimum absolute atomic E-state index is 0.317. The Balaban J connectivity index is 2.01. The fourth-order valence-corrected chi connectivity index (χ4v) is 3.49. The summed E-state index contributed by atoms with van der Waals surface area (Å²) >= 11 is 0. The standard InChI is InChI=1S/C20H23BO2/c1-19(2)20(3,4)23-21(22-19)18-16-11-7-5-9-14(16)13-15-10-6-8-12-17(15)18/h5,7,9-13H,6,8H2,1-4H3. The van der Waals surface area contributed by atoms with E-state index in [2.05, 4.69) is 70.2 Å². The molecule has 118 valence electrons. The predicted octanol–water partition coefficient (Wildman–Crippen LogP) is 2.49. The number of hydrogen-bond acceptors (Lipinski definition) is 2. The van der Waals surface area contributed by atoms with Gasteiger partial charge in [-0.15, -0.1) is 0 Å². The van der Waals surface area contributed by atoms with Crippen LogP contribution in [0.15, 0.2) is 30.3 Å². The van der Waals surface area contributed by atoms with Crippen LogP contribution in [0.4, 0.5) is 0 Å². The average molecular weight is 306 g/mol. The fourth-order valence-electron chi connectivity index (χ4n) is 3.49. The zero-order valence-corrected chi connectivity index (χ0v) is 14.3. The van der Waals surface area contributed by atoms with Gasteiger partial charge in [0.15, 0.2) is 0 Å². The van der Waals surface area contributed by atoms with Gasteiger partial charge in [0.2, 0.25) is 0 Å². The molecular formula is C20H23BO2. The van der Waals surface area contributed by atoms with Crippen LogP contribution in [0.5, 0.6) is 0 Å². The minimum atomic E-state index is -0.320. The molecule has 4 rings (SSSR count). The second kappa shape index (κ2) is 4.96. The number of hydrogen-bond donors (Lipinski definition) is 0. The molecule has 2 aromatic rings. The van der Waals surface area contributed by atoms with E-state index in [1.54, 1.807) is 0 Å². The molecule has 0 N–H and O–H groups in total. The average Bonchev–Trinajstić information content (AvgIpc) is 2.72. The van der Waals surface area contributed by atoms with Crippen molar-refractivity contribution in [2.24, 2.45) is 0 Å². The lowest BCUT2D eigenvalue weighted by Gasteiger charge is -2.32. The van der Waals surface area contributed by atoms with Gasteiger partial charge in [-0.25, -0.2) is 0 Å². The molecule has 0 amide bonds. The molecule has 0 aromatic heterocycles. The van der Waals surface area contributed by atoms with Gasteiger partial charge in [0.25, 0.3) is 0 Å². The molecule has 0 atom stereocenters. The maximum atomic E-state index is 6.37. The third kappa shape index (κ3) is 2.26. The molecule has 1 aliphatic carbocycles. The quantitative estimate of drug-likeness (QED) is 0.754. The molecule has 0 bridgehead atoms. The van der Waals surface area contributed by atoms with E-state index >= 15 is 0 Å². The normalized spacial score (nSPS) is 21.7. The van der Waals surface area contributed by atoms with E-state index in [-0.39, 0.29) is 18.3 Å². The first kappa shape index (κ1) is 15.0. The maximum absolute atomic E-state index is 6.37. The number of rotatable bonds is 1. The summed E-state index contributed by atoms with van der Waals surface area (Å²) in [6.45, 7) is 8.45. The van der Waals surface area contributed by atoms with Crippen molar-refractivity contribution in [3.63, 3.8) is 0 Å². The molecule has 1 heterocycles. The third-order valence-electron chi connectivity index (χ3n) is 5.53. The molecule has 0 saturated carbocycles. The molecule has 23 heavy (non-hydrogen) atoms. The van der Waals surface area contributed by atoms with Crippen molar-refractivity contribution in [2.75, 3.05) is 0 Å². The van der Waals surface area contributed by atoms with Crippen molar-refractivity contribution < 1.29 is 9.31 Å². The molecular weight excluding hydrogens is 283 g/mol. The zero-order chi connectivity index (χ0) is 16.2. The lowest BCUT2D eigenvalue weighted by molar-refractivity contribution is 0.00578. The van der Waals surface area contributed by atoms with Crippen LogP contribution in [-0.4, -0.2) is 18.3 Å². The lowest BCUT2D eigenvalue weighted by Crippen LogP contribution is -2.51. The first-order valence-corrected chi connectivity index (χ1v) is 8.47. The molecule has 0 radical (unpaired) electrons. The second-order valence-electron chi connectivity index (χ2n) is 7.59. The topological polar surface area (TPSA) is 18.5 Å². The zero-order valence-electron chi connectivity index (χ0n) is 14.3. The van der Waals surface area contributed by atoms with Crippen molar-refractivity contribution in [2.45, 2.75) is 51.7 Å². The Morgan fingerprint density at radius 2 is 1.57 bits per heavy atom. The van der Waals surface area contributed by atoms with Crippen molar-refractivity contribution in [1.82, 2.24) is 0 Å². The summed E-state index contributed by atoms with van der Waals surface area (Å²) in [6.07, 6.45) is 6.85. The Hall–Kier alpha value is -1.58. The fraction of sp³-hybridized carbons (Fsp3) is 0.400. The van der Waals surface area contributed by atoms with Gasteiger partial charge in [0.05, 0.1) is 11.2 Å². The van der Waals surface area contributed by atoms with Crippen LogP contribution in [0.3, 0.4) is 0 Å². The van der Waals surface area contributed by atoms with Crippen LogP contribution in [0.2, 0.25) is 0 Å². The van der Waals surface area contributed by atoms with Gasteiger partial charge in [0.1, 0.15) is 0 Å². The predicted molar refractivity (Wildman–Crippen MR) is 97.1 cm³/mol. The highest BCUT2D eigenvalue weighted by Crippen LogP contribution is 2.36. The summed E-state index contributed by atoms with van der Waals surface area (Å²) in [6, 6.07) is 10.8. The van der Waals surface area contributed by atoms with Crippen molar-refractivity contribution in [3.05, 3.63) is 40.8 Å². The van der Waals surface area contributed by atoms with E-state index in [1.807, 2.05) is 0 Å². The van der Waals surface area contributed by atoms with Crippen molar-refractivity contribution >= 4 is 35.5 Å². The van der Waals surface area contributed by atoms with E-state index in [1.165, 1.54) is 26.7 Å². The molecule has 0 spiro atoms. The van der Waals surface area contributed by atoms with Gasteiger partial charge < -0.3 is 9.31 Å². The second-order valence-corrected chi connectivity index (χ2v) is 7.59. The Kier molecular flexibility index (Phi) is 3.23.